The van der Waals surface area contributed by atoms with Gasteiger partial charge in [-0.05, 0) is 37.3 Å². The van der Waals surface area contributed by atoms with Gasteiger partial charge in [0.2, 0.25) is 10.0 Å². The van der Waals surface area contributed by atoms with Gasteiger partial charge in [-0.15, -0.1) is 0 Å². The Morgan fingerprint density at radius 2 is 1.86 bits per heavy atom. The number of aromatic amines is 2. The van der Waals surface area contributed by atoms with Gasteiger partial charge in [0.05, 0.1) is 23.7 Å². The molecule has 2 heterocycles. The van der Waals surface area contributed by atoms with Crippen molar-refractivity contribution < 1.29 is 13.2 Å². The first-order valence-electron chi connectivity index (χ1n) is 8.73. The summed E-state index contributed by atoms with van der Waals surface area (Å²) in [5.74, 6) is 1.11. The number of rotatable bonds is 5. The molecule has 0 aliphatic heterocycles. The fourth-order valence-corrected chi connectivity index (χ4v) is 3.70. The van der Waals surface area contributed by atoms with E-state index >= 15 is 0 Å². The molecular weight excluding hydrogens is 392 g/mol. The number of nitrogens with zero attached hydrogens (tertiary/aromatic N) is 1. The number of para-hydroxylation sites is 1. The molecule has 148 valence electrons. The highest BCUT2D eigenvalue weighted by atomic mass is 32.2. The average molecular weight is 410 g/mol. The molecule has 2 aromatic carbocycles. The van der Waals surface area contributed by atoms with Crippen molar-refractivity contribution in [3.63, 3.8) is 0 Å². The summed E-state index contributed by atoms with van der Waals surface area (Å²) >= 11 is 0. The Hall–Kier alpha value is -3.59. The molecule has 4 aromatic rings. The van der Waals surface area contributed by atoms with Crippen LogP contribution in [0.3, 0.4) is 0 Å². The van der Waals surface area contributed by atoms with Gasteiger partial charge in [0, 0.05) is 16.9 Å². The Bertz CT molecular complexity index is 1360. The van der Waals surface area contributed by atoms with E-state index in [9.17, 15) is 13.2 Å². The SMILES string of the molecule is Cc1[nH]c(-c2cc(NS(C)(=O)=O)ccc2Oc2ccccc2)c2nc[nH]c(=O)c12. The first-order chi connectivity index (χ1) is 13.8. The van der Waals surface area contributed by atoms with E-state index in [1.165, 1.54) is 6.33 Å². The summed E-state index contributed by atoms with van der Waals surface area (Å²) in [5.41, 5.74) is 2.36. The highest BCUT2D eigenvalue weighted by Gasteiger charge is 2.18. The van der Waals surface area contributed by atoms with Gasteiger partial charge in [0.15, 0.2) is 0 Å². The average Bonchev–Trinajstić information content (AvgIpc) is 3.00. The van der Waals surface area contributed by atoms with E-state index in [2.05, 4.69) is 19.7 Å². The van der Waals surface area contributed by atoms with Crippen molar-refractivity contribution in [2.24, 2.45) is 0 Å². The third-order valence-corrected chi connectivity index (χ3v) is 4.91. The van der Waals surface area contributed by atoms with Crippen molar-refractivity contribution in [1.82, 2.24) is 15.0 Å². The number of nitrogens with one attached hydrogen (secondary N) is 3. The Morgan fingerprint density at radius 3 is 2.59 bits per heavy atom. The van der Waals surface area contributed by atoms with Crippen LogP contribution in [0.25, 0.3) is 22.2 Å². The second-order valence-corrected chi connectivity index (χ2v) is 8.33. The minimum absolute atomic E-state index is 0.258. The van der Waals surface area contributed by atoms with E-state index in [4.69, 9.17) is 4.74 Å². The molecule has 4 rings (SSSR count). The molecule has 0 fully saturated rings. The van der Waals surface area contributed by atoms with E-state index in [1.807, 2.05) is 30.3 Å². The summed E-state index contributed by atoms with van der Waals surface area (Å²) in [6.07, 6.45) is 2.41. The van der Waals surface area contributed by atoms with E-state index in [-0.39, 0.29) is 5.56 Å². The van der Waals surface area contributed by atoms with Gasteiger partial charge in [0.1, 0.15) is 17.0 Å². The smallest absolute Gasteiger partial charge is 0.260 e. The summed E-state index contributed by atoms with van der Waals surface area (Å²) in [6, 6.07) is 14.1. The van der Waals surface area contributed by atoms with E-state index in [0.29, 0.717) is 45.0 Å². The largest absolute Gasteiger partial charge is 0.457 e. The van der Waals surface area contributed by atoms with Crippen molar-refractivity contribution in [3.05, 3.63) is 70.9 Å². The molecule has 9 heteroatoms. The molecular formula is C20H18N4O4S. The minimum Gasteiger partial charge on any atom is -0.457 e. The van der Waals surface area contributed by atoms with Gasteiger partial charge >= 0.3 is 0 Å². The number of hydrogen-bond acceptors (Lipinski definition) is 5. The highest BCUT2D eigenvalue weighted by Crippen LogP contribution is 2.38. The second kappa shape index (κ2) is 7.10. The summed E-state index contributed by atoms with van der Waals surface area (Å²) < 4.78 is 31.8. The third-order valence-electron chi connectivity index (χ3n) is 4.30. The van der Waals surface area contributed by atoms with Gasteiger partial charge in [-0.2, -0.15) is 0 Å². The van der Waals surface area contributed by atoms with Crippen LogP contribution in [0.4, 0.5) is 5.69 Å². The van der Waals surface area contributed by atoms with E-state index in [1.54, 1.807) is 25.1 Å². The summed E-state index contributed by atoms with van der Waals surface area (Å²) in [7, 11) is -3.46. The lowest BCUT2D eigenvalue weighted by Crippen LogP contribution is -2.09. The number of fused-ring (bicyclic) bond motifs is 1. The molecule has 0 bridgehead atoms. The lowest BCUT2D eigenvalue weighted by molar-refractivity contribution is 0.484. The molecule has 2 aromatic heterocycles. The molecule has 0 unspecified atom stereocenters. The monoisotopic (exact) mass is 410 g/mol. The lowest BCUT2D eigenvalue weighted by Gasteiger charge is -2.13. The highest BCUT2D eigenvalue weighted by molar-refractivity contribution is 7.92. The van der Waals surface area contributed by atoms with Crippen LogP contribution in [0.1, 0.15) is 5.69 Å². The van der Waals surface area contributed by atoms with E-state index < -0.39 is 10.0 Å². The number of H-pyrrole nitrogens is 2. The number of sulfonamides is 1. The first kappa shape index (κ1) is 18.8. The maximum Gasteiger partial charge on any atom is 0.260 e. The third kappa shape index (κ3) is 3.85. The fraction of sp³-hybridized carbons (Fsp3) is 0.100. The predicted octanol–water partition coefficient (Wildman–Crippen LogP) is 3.39. The first-order valence-corrected chi connectivity index (χ1v) is 10.6. The van der Waals surface area contributed by atoms with Crippen LogP contribution < -0.4 is 15.0 Å². The summed E-state index contributed by atoms with van der Waals surface area (Å²) in [5, 5.41) is 0.439. The molecule has 3 N–H and O–H groups in total. The van der Waals surface area contributed by atoms with E-state index in [0.717, 1.165) is 6.26 Å². The molecule has 0 aliphatic rings. The number of ether oxygens (including phenoxy) is 1. The molecule has 0 saturated carbocycles. The van der Waals surface area contributed by atoms with Crippen LogP contribution in [0.5, 0.6) is 11.5 Å². The summed E-state index contributed by atoms with van der Waals surface area (Å²) in [6.45, 7) is 1.78. The number of anilines is 1. The van der Waals surface area contributed by atoms with Gasteiger partial charge in [0.25, 0.3) is 5.56 Å². The molecule has 8 nitrogen and oxygen atoms in total. The van der Waals surface area contributed by atoms with Crippen molar-refractivity contribution in [1.29, 1.82) is 0 Å². The van der Waals surface area contributed by atoms with Gasteiger partial charge in [-0.3, -0.25) is 9.52 Å². The van der Waals surface area contributed by atoms with Gasteiger partial charge in [-0.25, -0.2) is 13.4 Å². The number of aryl methyl sites for hydroxylation is 1. The molecule has 29 heavy (non-hydrogen) atoms. The zero-order valence-electron chi connectivity index (χ0n) is 15.7. The Kier molecular flexibility index (Phi) is 4.59. The lowest BCUT2D eigenvalue weighted by atomic mass is 10.1. The van der Waals surface area contributed by atoms with Gasteiger partial charge in [-0.1, -0.05) is 18.2 Å². The number of hydrogen-bond donors (Lipinski definition) is 3. The Labute approximate surface area is 166 Å². The standard InChI is InChI=1S/C20H18N4O4S/c1-12-17-19(21-11-22-20(17)25)18(23-12)15-10-13(24-29(2,26)27)8-9-16(15)28-14-6-4-3-5-7-14/h3-11,23-24H,1-2H3,(H,21,22,25). The van der Waals surface area contributed by atoms with Crippen molar-refractivity contribution in [2.45, 2.75) is 6.92 Å². The Balaban J connectivity index is 1.93. The number of benzene rings is 2. The normalized spacial score (nSPS) is 11.5. The molecule has 0 spiro atoms. The van der Waals surface area contributed by atoms with Crippen LogP contribution in [0.15, 0.2) is 59.7 Å². The predicted molar refractivity (Wildman–Crippen MR) is 112 cm³/mol. The topological polar surface area (TPSA) is 117 Å². The van der Waals surface area contributed by atoms with Crippen LogP contribution in [-0.4, -0.2) is 29.6 Å². The van der Waals surface area contributed by atoms with Crippen LogP contribution in [-0.2, 0) is 10.0 Å². The maximum atomic E-state index is 12.2. The van der Waals surface area contributed by atoms with Crippen molar-refractivity contribution in [3.8, 4) is 22.8 Å². The minimum atomic E-state index is -3.46. The van der Waals surface area contributed by atoms with Crippen molar-refractivity contribution >= 4 is 26.6 Å². The van der Waals surface area contributed by atoms with Crippen LogP contribution in [0.2, 0.25) is 0 Å². The van der Waals surface area contributed by atoms with Crippen LogP contribution >= 0.6 is 0 Å². The zero-order valence-corrected chi connectivity index (χ0v) is 16.5. The zero-order chi connectivity index (χ0) is 20.6. The molecule has 0 saturated heterocycles. The maximum absolute atomic E-state index is 12.2. The Morgan fingerprint density at radius 1 is 1.10 bits per heavy atom. The van der Waals surface area contributed by atoms with Crippen LogP contribution in [0, 0.1) is 6.92 Å². The molecule has 0 amide bonds. The second-order valence-electron chi connectivity index (χ2n) is 6.58. The van der Waals surface area contributed by atoms with Crippen molar-refractivity contribution in [2.75, 3.05) is 11.0 Å². The molecule has 0 radical (unpaired) electrons. The fourth-order valence-electron chi connectivity index (χ4n) is 3.15. The number of aromatic nitrogens is 3. The molecule has 0 atom stereocenters. The summed E-state index contributed by atoms with van der Waals surface area (Å²) in [4.78, 5) is 22.3. The quantitative estimate of drug-likeness (QED) is 0.466. The van der Waals surface area contributed by atoms with Gasteiger partial charge < -0.3 is 14.7 Å². The molecule has 0 aliphatic carbocycles.